The molecule has 0 aliphatic rings. The van der Waals surface area contributed by atoms with E-state index in [9.17, 15) is 4.79 Å². The highest BCUT2D eigenvalue weighted by Gasteiger charge is 1.99. The van der Waals surface area contributed by atoms with E-state index in [1.54, 1.807) is 19.2 Å². The third-order valence-electron chi connectivity index (χ3n) is 1.35. The first-order valence-corrected chi connectivity index (χ1v) is 4.16. The third-order valence-corrected chi connectivity index (χ3v) is 1.57. The highest BCUT2D eigenvalue weighted by atomic mass is 35.5. The minimum atomic E-state index is -0.105. The number of nitrogens with one attached hydrogen (secondary N) is 2. The topological polar surface area (TPSA) is 54.0 Å². The van der Waals surface area contributed by atoms with Crippen molar-refractivity contribution < 1.29 is 4.79 Å². The summed E-state index contributed by atoms with van der Waals surface area (Å²) in [5.41, 5.74) is 0.643. The molecule has 0 unspecified atom stereocenters. The Morgan fingerprint density at radius 3 is 2.92 bits per heavy atom. The lowest BCUT2D eigenvalue weighted by Crippen LogP contribution is -2.25. The minimum Gasteiger partial charge on any atom is -0.324 e. The number of hydrogen-bond acceptors (Lipinski definition) is 3. The first kappa shape index (κ1) is 9.95. The molecule has 0 atom stereocenters. The predicted octanol–water partition coefficient (Wildman–Crippen LogP) is 0.893. The average molecular weight is 200 g/mol. The molecule has 0 bridgehead atoms. The highest BCUT2D eigenvalue weighted by molar-refractivity contribution is 6.29. The Balaban J connectivity index is 2.54. The molecule has 70 valence electrons. The number of halogens is 1. The molecule has 4 nitrogen and oxygen atoms in total. The van der Waals surface area contributed by atoms with Gasteiger partial charge < -0.3 is 10.6 Å². The molecule has 0 aliphatic carbocycles. The molecule has 1 amide bonds. The molecule has 1 heterocycles. The van der Waals surface area contributed by atoms with Gasteiger partial charge in [-0.3, -0.25) is 4.79 Å². The van der Waals surface area contributed by atoms with Gasteiger partial charge in [0.05, 0.1) is 18.4 Å². The van der Waals surface area contributed by atoms with Gasteiger partial charge >= 0.3 is 0 Å². The van der Waals surface area contributed by atoms with Crippen molar-refractivity contribution in [1.82, 2.24) is 10.3 Å². The summed E-state index contributed by atoms with van der Waals surface area (Å²) in [5, 5.41) is 5.80. The van der Waals surface area contributed by atoms with Crippen molar-refractivity contribution in [3.63, 3.8) is 0 Å². The number of likely N-dealkylation sites (N-methyl/N-ethyl adjacent to an activating group) is 1. The summed E-state index contributed by atoms with van der Waals surface area (Å²) in [6, 6.07) is 3.32. The summed E-state index contributed by atoms with van der Waals surface area (Å²) in [6.45, 7) is 0.280. The number of aromatic nitrogens is 1. The molecule has 0 fully saturated rings. The van der Waals surface area contributed by atoms with Crippen LogP contribution in [0.3, 0.4) is 0 Å². The van der Waals surface area contributed by atoms with E-state index in [1.165, 1.54) is 6.20 Å². The zero-order valence-corrected chi connectivity index (χ0v) is 7.93. The van der Waals surface area contributed by atoms with Crippen LogP contribution in [0.1, 0.15) is 0 Å². The fourth-order valence-electron chi connectivity index (χ4n) is 0.815. The molecule has 0 aliphatic heterocycles. The van der Waals surface area contributed by atoms with E-state index in [1.807, 2.05) is 0 Å². The third kappa shape index (κ3) is 3.40. The number of hydrogen-bond donors (Lipinski definition) is 2. The molecule has 1 aromatic heterocycles. The number of pyridine rings is 1. The van der Waals surface area contributed by atoms with Gasteiger partial charge in [0.1, 0.15) is 5.15 Å². The molecule has 1 rings (SSSR count). The standard InChI is InChI=1S/C8H10ClN3O/c1-10-5-8(13)12-6-2-3-7(9)11-4-6/h2-4,10H,5H2,1H3,(H,12,13). The lowest BCUT2D eigenvalue weighted by molar-refractivity contribution is -0.115. The molecule has 5 heteroatoms. The first-order valence-electron chi connectivity index (χ1n) is 3.78. The maximum atomic E-state index is 11.1. The van der Waals surface area contributed by atoms with E-state index in [2.05, 4.69) is 15.6 Å². The van der Waals surface area contributed by atoms with Crippen LogP contribution >= 0.6 is 11.6 Å². The summed E-state index contributed by atoms with van der Waals surface area (Å²) < 4.78 is 0. The van der Waals surface area contributed by atoms with Gasteiger partial charge in [-0.2, -0.15) is 0 Å². The second kappa shape index (κ2) is 4.79. The molecular formula is C8H10ClN3O. The van der Waals surface area contributed by atoms with Gasteiger partial charge in [-0.05, 0) is 19.2 Å². The van der Waals surface area contributed by atoms with Crippen molar-refractivity contribution in [3.05, 3.63) is 23.5 Å². The smallest absolute Gasteiger partial charge is 0.238 e. The Morgan fingerprint density at radius 1 is 1.62 bits per heavy atom. The second-order valence-corrected chi connectivity index (χ2v) is 2.84. The lowest BCUT2D eigenvalue weighted by Gasteiger charge is -2.03. The van der Waals surface area contributed by atoms with Crippen molar-refractivity contribution in [1.29, 1.82) is 0 Å². The van der Waals surface area contributed by atoms with Crippen molar-refractivity contribution in [2.75, 3.05) is 18.9 Å². The molecule has 0 saturated carbocycles. The van der Waals surface area contributed by atoms with E-state index >= 15 is 0 Å². The summed E-state index contributed by atoms with van der Waals surface area (Å²) >= 11 is 5.57. The summed E-state index contributed by atoms with van der Waals surface area (Å²) in [5.74, 6) is -0.105. The number of nitrogens with zero attached hydrogens (tertiary/aromatic N) is 1. The molecule has 13 heavy (non-hydrogen) atoms. The van der Waals surface area contributed by atoms with Gasteiger partial charge in [0.2, 0.25) is 5.91 Å². The summed E-state index contributed by atoms with van der Waals surface area (Å²) in [7, 11) is 1.71. The number of amides is 1. The number of carbonyl (C=O) groups excluding carboxylic acids is 1. The van der Waals surface area contributed by atoms with Crippen LogP contribution in [0.15, 0.2) is 18.3 Å². The van der Waals surface area contributed by atoms with Gasteiger partial charge in [0.15, 0.2) is 0 Å². The van der Waals surface area contributed by atoms with Crippen LogP contribution in [0.25, 0.3) is 0 Å². The van der Waals surface area contributed by atoms with Crippen LogP contribution in [-0.2, 0) is 4.79 Å². The number of anilines is 1. The molecule has 0 saturated heterocycles. The summed E-state index contributed by atoms with van der Waals surface area (Å²) in [4.78, 5) is 14.9. The van der Waals surface area contributed by atoms with Crippen molar-refractivity contribution >= 4 is 23.2 Å². The SMILES string of the molecule is CNCC(=O)Nc1ccc(Cl)nc1. The van der Waals surface area contributed by atoms with E-state index in [4.69, 9.17) is 11.6 Å². The first-order chi connectivity index (χ1) is 6.22. The van der Waals surface area contributed by atoms with E-state index in [-0.39, 0.29) is 12.5 Å². The number of rotatable bonds is 3. The predicted molar refractivity (Wildman–Crippen MR) is 51.8 cm³/mol. The molecule has 0 radical (unpaired) electrons. The normalized spacial score (nSPS) is 9.69. The van der Waals surface area contributed by atoms with E-state index in [0.717, 1.165) is 0 Å². The Labute approximate surface area is 81.3 Å². The van der Waals surface area contributed by atoms with Gasteiger partial charge in [0.25, 0.3) is 0 Å². The average Bonchev–Trinajstić information content (AvgIpc) is 2.09. The zero-order valence-electron chi connectivity index (χ0n) is 7.17. The van der Waals surface area contributed by atoms with Gasteiger partial charge in [-0.25, -0.2) is 4.98 Å². The maximum absolute atomic E-state index is 11.1. The van der Waals surface area contributed by atoms with Crippen LogP contribution in [0, 0.1) is 0 Å². The summed E-state index contributed by atoms with van der Waals surface area (Å²) in [6.07, 6.45) is 1.51. The van der Waals surface area contributed by atoms with Crippen LogP contribution in [0.5, 0.6) is 0 Å². The number of carbonyl (C=O) groups is 1. The highest BCUT2D eigenvalue weighted by Crippen LogP contribution is 2.08. The van der Waals surface area contributed by atoms with Crippen molar-refractivity contribution in [3.8, 4) is 0 Å². The molecule has 0 aromatic carbocycles. The Bertz CT molecular complexity index is 286. The quantitative estimate of drug-likeness (QED) is 0.711. The molecule has 2 N–H and O–H groups in total. The van der Waals surface area contributed by atoms with Gasteiger partial charge in [-0.15, -0.1) is 0 Å². The lowest BCUT2D eigenvalue weighted by atomic mass is 10.4. The second-order valence-electron chi connectivity index (χ2n) is 2.45. The fourth-order valence-corrected chi connectivity index (χ4v) is 0.927. The van der Waals surface area contributed by atoms with Gasteiger partial charge in [0, 0.05) is 0 Å². The zero-order chi connectivity index (χ0) is 9.68. The maximum Gasteiger partial charge on any atom is 0.238 e. The van der Waals surface area contributed by atoms with E-state index < -0.39 is 0 Å². The van der Waals surface area contributed by atoms with Crippen LogP contribution < -0.4 is 10.6 Å². The van der Waals surface area contributed by atoms with Gasteiger partial charge in [-0.1, -0.05) is 11.6 Å². The Morgan fingerprint density at radius 2 is 2.38 bits per heavy atom. The van der Waals surface area contributed by atoms with Crippen molar-refractivity contribution in [2.24, 2.45) is 0 Å². The minimum absolute atomic E-state index is 0.105. The van der Waals surface area contributed by atoms with Crippen molar-refractivity contribution in [2.45, 2.75) is 0 Å². The van der Waals surface area contributed by atoms with Crippen LogP contribution in [0.2, 0.25) is 5.15 Å². The molecular weight excluding hydrogens is 190 g/mol. The molecule has 1 aromatic rings. The fraction of sp³-hybridized carbons (Fsp3) is 0.250. The molecule has 0 spiro atoms. The van der Waals surface area contributed by atoms with Crippen LogP contribution in [0.4, 0.5) is 5.69 Å². The van der Waals surface area contributed by atoms with Crippen LogP contribution in [-0.4, -0.2) is 24.5 Å². The monoisotopic (exact) mass is 199 g/mol. The Kier molecular flexibility index (Phi) is 3.67. The van der Waals surface area contributed by atoms with E-state index in [0.29, 0.717) is 10.8 Å². The Hall–Kier alpha value is -1.13. The largest absolute Gasteiger partial charge is 0.324 e.